The molecule has 0 saturated carbocycles. The first-order valence-electron chi connectivity index (χ1n) is 1.41. The fourth-order valence-electron chi connectivity index (χ4n) is 0. The molecule has 0 saturated heterocycles. The van der Waals surface area contributed by atoms with Crippen LogP contribution in [0, 0.1) is 37.7 Å². The van der Waals surface area contributed by atoms with E-state index in [9.17, 15) is 0 Å². The van der Waals surface area contributed by atoms with E-state index >= 15 is 0 Å². The zero-order valence-corrected chi connectivity index (χ0v) is 3.77. The van der Waals surface area contributed by atoms with Crippen molar-refractivity contribution in [3.63, 3.8) is 0 Å². The summed E-state index contributed by atoms with van der Waals surface area (Å²) in [5.74, 6) is 0. The van der Waals surface area contributed by atoms with Crippen LogP contribution < -0.4 is 0 Å². The van der Waals surface area contributed by atoms with Crippen LogP contribution in [-0.2, 0) is 0 Å². The topological polar surface area (TPSA) is 0 Å². The molecule has 0 bridgehead atoms. The van der Waals surface area contributed by atoms with E-state index in [4.69, 9.17) is 0 Å². The van der Waals surface area contributed by atoms with Crippen molar-refractivity contribution in [2.45, 2.75) is 20.3 Å². The maximum absolute atomic E-state index is 2.12. The SMILES string of the molecule is CCC.[Ar]. The normalized spacial score (nSPS) is 4.50. The van der Waals surface area contributed by atoms with Crippen molar-refractivity contribution in [1.29, 1.82) is 0 Å². The van der Waals surface area contributed by atoms with Crippen molar-refractivity contribution in [1.82, 2.24) is 0 Å². The Morgan fingerprint density at radius 3 is 1.25 bits per heavy atom. The summed E-state index contributed by atoms with van der Waals surface area (Å²) >= 11 is 0. The third kappa shape index (κ3) is 10.5. The van der Waals surface area contributed by atoms with Gasteiger partial charge in [0.25, 0.3) is 0 Å². The molecule has 0 aromatic rings. The summed E-state index contributed by atoms with van der Waals surface area (Å²) in [5.41, 5.74) is 0. The molecule has 0 spiro atoms. The minimum Gasteiger partial charge on any atom is -0.0656 e. The van der Waals surface area contributed by atoms with Crippen LogP contribution in [0.4, 0.5) is 0 Å². The van der Waals surface area contributed by atoms with Gasteiger partial charge in [0.15, 0.2) is 0 Å². The van der Waals surface area contributed by atoms with Crippen LogP contribution in [0.5, 0.6) is 0 Å². The minimum absolute atomic E-state index is 0. The van der Waals surface area contributed by atoms with Crippen LogP contribution in [0.2, 0.25) is 0 Å². The second-order valence-corrected chi connectivity index (χ2v) is 0.707. The first kappa shape index (κ1) is 8.98. The van der Waals surface area contributed by atoms with Gasteiger partial charge in [0, 0.05) is 37.7 Å². The Kier molecular flexibility index (Phi) is 19.9. The zero-order valence-electron chi connectivity index (χ0n) is 3.06. The standard InChI is InChI=1S/C3H8.Ar/c1-3-2;/h3H2,1-2H3;. The molecule has 0 aliphatic heterocycles. The maximum Gasteiger partial charge on any atom is 0 e. The van der Waals surface area contributed by atoms with Gasteiger partial charge in [-0.2, -0.15) is 0 Å². The van der Waals surface area contributed by atoms with Crippen LogP contribution in [-0.4, -0.2) is 0 Å². The van der Waals surface area contributed by atoms with Crippen molar-refractivity contribution >= 4 is 0 Å². The van der Waals surface area contributed by atoms with Crippen molar-refractivity contribution in [3.05, 3.63) is 0 Å². The van der Waals surface area contributed by atoms with Crippen LogP contribution in [0.1, 0.15) is 20.3 Å². The Labute approximate surface area is 57.6 Å². The average molecular weight is 84.0 g/mol. The zero-order chi connectivity index (χ0) is 2.71. The third-order valence-corrected chi connectivity index (χ3v) is 0. The summed E-state index contributed by atoms with van der Waals surface area (Å²) in [7, 11) is 0. The molecular weight excluding hydrogens is 76.0 g/mol. The van der Waals surface area contributed by atoms with Crippen LogP contribution in [0.25, 0.3) is 0 Å². The Bertz CT molecular complexity index is 3.25. The second kappa shape index (κ2) is 8.86. The van der Waals surface area contributed by atoms with E-state index in [2.05, 4.69) is 13.8 Å². The van der Waals surface area contributed by atoms with Gasteiger partial charge < -0.3 is 0 Å². The van der Waals surface area contributed by atoms with Crippen molar-refractivity contribution in [2.75, 3.05) is 0 Å². The molecule has 1 heteroatoms. The fourth-order valence-corrected chi connectivity index (χ4v) is 0. The number of hydrogen-bond donors (Lipinski definition) is 0. The molecular formula is C3H8Ar. The smallest absolute Gasteiger partial charge is 0 e. The van der Waals surface area contributed by atoms with E-state index in [-0.39, 0.29) is 37.7 Å². The van der Waals surface area contributed by atoms with Crippen LogP contribution >= 0.6 is 0 Å². The Hall–Kier alpha value is 1.26. The fraction of sp³-hybridized carbons (Fsp3) is 1.00. The van der Waals surface area contributed by atoms with Gasteiger partial charge in [-0.3, -0.25) is 0 Å². The predicted octanol–water partition coefficient (Wildman–Crippen LogP) is 1.42. The van der Waals surface area contributed by atoms with Gasteiger partial charge in [0.1, 0.15) is 0 Å². The molecule has 28 valence electrons. The van der Waals surface area contributed by atoms with E-state index in [1.54, 1.807) is 0 Å². The number of hydrogen-bond acceptors (Lipinski definition) is 0. The van der Waals surface area contributed by atoms with Crippen LogP contribution in [0.15, 0.2) is 0 Å². The summed E-state index contributed by atoms with van der Waals surface area (Å²) in [6, 6.07) is 0. The molecule has 0 amide bonds. The van der Waals surface area contributed by atoms with E-state index in [1.807, 2.05) is 0 Å². The van der Waals surface area contributed by atoms with Gasteiger partial charge in [0.2, 0.25) is 0 Å². The van der Waals surface area contributed by atoms with Crippen molar-refractivity contribution in [3.8, 4) is 0 Å². The summed E-state index contributed by atoms with van der Waals surface area (Å²) in [4.78, 5) is 0. The van der Waals surface area contributed by atoms with E-state index in [0.717, 1.165) is 0 Å². The molecule has 0 aliphatic carbocycles. The van der Waals surface area contributed by atoms with Gasteiger partial charge in [0.05, 0.1) is 0 Å². The van der Waals surface area contributed by atoms with Gasteiger partial charge in [-0.1, -0.05) is 20.3 Å². The maximum atomic E-state index is 2.12. The van der Waals surface area contributed by atoms with Gasteiger partial charge >= 0.3 is 0 Å². The van der Waals surface area contributed by atoms with Crippen molar-refractivity contribution in [2.24, 2.45) is 0 Å². The van der Waals surface area contributed by atoms with E-state index in [0.29, 0.717) is 0 Å². The predicted molar refractivity (Wildman–Crippen MR) is 16.0 cm³/mol. The molecule has 0 radical (unpaired) electrons. The molecule has 0 aromatic carbocycles. The Balaban J connectivity index is 0. The Morgan fingerprint density at radius 2 is 1.25 bits per heavy atom. The van der Waals surface area contributed by atoms with Gasteiger partial charge in [-0.25, -0.2) is 0 Å². The molecule has 0 nitrogen and oxygen atoms in total. The molecule has 0 N–H and O–H groups in total. The van der Waals surface area contributed by atoms with Gasteiger partial charge in [-0.15, -0.1) is 0 Å². The Morgan fingerprint density at radius 1 is 1.25 bits per heavy atom. The molecule has 4 heavy (non-hydrogen) atoms. The quantitative estimate of drug-likeness (QED) is 0.416. The largest absolute Gasteiger partial charge is 0.0656 e. The summed E-state index contributed by atoms with van der Waals surface area (Å²) < 4.78 is 0. The molecule has 0 rings (SSSR count). The monoisotopic (exact) mass is 84.0 g/mol. The molecule has 0 aliphatic rings. The third-order valence-electron chi connectivity index (χ3n) is 0. The number of rotatable bonds is 0. The first-order chi connectivity index (χ1) is 1.41. The molecule has 0 heterocycles. The van der Waals surface area contributed by atoms with E-state index < -0.39 is 0 Å². The van der Waals surface area contributed by atoms with Crippen molar-refractivity contribution < 1.29 is 37.7 Å². The van der Waals surface area contributed by atoms with E-state index in [1.165, 1.54) is 6.42 Å². The summed E-state index contributed by atoms with van der Waals surface area (Å²) in [5, 5.41) is 0. The second-order valence-electron chi connectivity index (χ2n) is 0.707. The first-order valence-corrected chi connectivity index (χ1v) is 1.41. The summed E-state index contributed by atoms with van der Waals surface area (Å²) in [6.07, 6.45) is 1.25. The minimum atomic E-state index is 0. The van der Waals surface area contributed by atoms with Crippen LogP contribution in [0.3, 0.4) is 0 Å². The molecule has 0 aromatic heterocycles. The summed E-state index contributed by atoms with van der Waals surface area (Å²) in [6.45, 7) is 4.25. The molecule has 0 fully saturated rings. The molecule has 0 atom stereocenters. The van der Waals surface area contributed by atoms with Gasteiger partial charge in [-0.05, 0) is 0 Å². The average Bonchev–Trinajstić information content (AvgIpc) is 0.918. The molecule has 0 unspecified atom stereocenters.